The lowest BCUT2D eigenvalue weighted by Crippen LogP contribution is -2.32. The molecule has 2 aromatic rings. The number of ketones is 1. The Kier molecular flexibility index (Phi) is 6.58. The summed E-state index contributed by atoms with van der Waals surface area (Å²) in [6.45, 7) is 2.91. The second-order valence-electron chi connectivity index (χ2n) is 6.59. The zero-order valence-corrected chi connectivity index (χ0v) is 16.3. The van der Waals surface area contributed by atoms with Crippen molar-refractivity contribution in [3.63, 3.8) is 0 Å². The maximum Gasteiger partial charge on any atom is 0.225 e. The van der Waals surface area contributed by atoms with Crippen molar-refractivity contribution in [1.82, 2.24) is 4.90 Å². The smallest absolute Gasteiger partial charge is 0.225 e. The molecule has 0 unspecified atom stereocenters. The van der Waals surface area contributed by atoms with Gasteiger partial charge in [-0.25, -0.2) is 0 Å². The number of likely N-dealkylation sites (tertiary alicyclic amines) is 1. The molecule has 1 heterocycles. The zero-order chi connectivity index (χ0) is 18.4. The molecule has 1 saturated heterocycles. The van der Waals surface area contributed by atoms with E-state index in [-0.39, 0.29) is 11.7 Å². The number of nitrogens with zero attached hydrogens (tertiary/aromatic N) is 1. The molecule has 0 saturated carbocycles. The first kappa shape index (κ1) is 18.8. The topological polar surface area (TPSA) is 49.4 Å². The number of anilines is 1. The van der Waals surface area contributed by atoms with E-state index in [9.17, 15) is 9.59 Å². The average Bonchev–Trinajstić information content (AvgIpc) is 2.69. The molecule has 1 fully saturated rings. The van der Waals surface area contributed by atoms with E-state index in [1.54, 1.807) is 24.3 Å². The lowest BCUT2D eigenvalue weighted by Gasteiger charge is -2.26. The Morgan fingerprint density at radius 2 is 1.73 bits per heavy atom. The van der Waals surface area contributed by atoms with Gasteiger partial charge in [-0.3, -0.25) is 9.59 Å². The molecule has 2 aromatic carbocycles. The maximum atomic E-state index is 12.8. The Morgan fingerprint density at radius 3 is 2.46 bits per heavy atom. The van der Waals surface area contributed by atoms with Gasteiger partial charge >= 0.3 is 0 Å². The predicted molar refractivity (Wildman–Crippen MR) is 108 cm³/mol. The van der Waals surface area contributed by atoms with E-state index in [2.05, 4.69) is 26.1 Å². The summed E-state index contributed by atoms with van der Waals surface area (Å²) in [5.41, 5.74) is 1.66. The molecule has 1 aliphatic heterocycles. The van der Waals surface area contributed by atoms with Gasteiger partial charge in [0.2, 0.25) is 5.91 Å². The number of carbonyl (C=O) groups is 2. The largest absolute Gasteiger partial charge is 0.325 e. The van der Waals surface area contributed by atoms with Crippen LogP contribution in [0.15, 0.2) is 53.0 Å². The highest BCUT2D eigenvalue weighted by Gasteiger charge is 2.17. The van der Waals surface area contributed by atoms with Crippen molar-refractivity contribution in [2.24, 2.45) is 0 Å². The van der Waals surface area contributed by atoms with Crippen LogP contribution in [0, 0.1) is 0 Å². The van der Waals surface area contributed by atoms with Crippen LogP contribution in [-0.2, 0) is 4.79 Å². The van der Waals surface area contributed by atoms with E-state index >= 15 is 0 Å². The first-order chi connectivity index (χ1) is 12.6. The van der Waals surface area contributed by atoms with Crippen LogP contribution in [0.5, 0.6) is 0 Å². The van der Waals surface area contributed by atoms with Gasteiger partial charge in [0, 0.05) is 28.6 Å². The quantitative estimate of drug-likeness (QED) is 0.708. The number of rotatable bonds is 6. The van der Waals surface area contributed by atoms with Crippen molar-refractivity contribution < 1.29 is 9.59 Å². The van der Waals surface area contributed by atoms with Gasteiger partial charge in [-0.05, 0) is 44.1 Å². The molecule has 0 spiro atoms. The normalized spacial score (nSPS) is 14.8. The first-order valence-electron chi connectivity index (χ1n) is 9.05. The molecule has 0 atom stereocenters. The standard InChI is InChI=1S/C21H23BrN2O2/c22-17-9-10-19(18(15-17)21(26)16-7-3-1-4-8-16)23-20(25)11-14-24-12-5-2-6-13-24/h1,3-4,7-10,15H,2,5-6,11-14H2,(H,23,25). The maximum absolute atomic E-state index is 12.8. The van der Waals surface area contributed by atoms with Gasteiger partial charge in [0.1, 0.15) is 0 Å². The van der Waals surface area contributed by atoms with Crippen LogP contribution < -0.4 is 5.32 Å². The zero-order valence-electron chi connectivity index (χ0n) is 14.7. The van der Waals surface area contributed by atoms with Gasteiger partial charge < -0.3 is 10.2 Å². The van der Waals surface area contributed by atoms with E-state index in [0.717, 1.165) is 24.1 Å². The van der Waals surface area contributed by atoms with Crippen molar-refractivity contribution in [1.29, 1.82) is 0 Å². The number of nitrogens with one attached hydrogen (secondary N) is 1. The second-order valence-corrected chi connectivity index (χ2v) is 7.50. The third-order valence-electron chi connectivity index (χ3n) is 4.64. The number of hydrogen-bond donors (Lipinski definition) is 1. The highest BCUT2D eigenvalue weighted by atomic mass is 79.9. The average molecular weight is 415 g/mol. The summed E-state index contributed by atoms with van der Waals surface area (Å²) >= 11 is 3.41. The SMILES string of the molecule is O=C(CCN1CCCCC1)Nc1ccc(Br)cc1C(=O)c1ccccc1. The Morgan fingerprint density at radius 1 is 1.00 bits per heavy atom. The summed E-state index contributed by atoms with van der Waals surface area (Å²) in [5, 5.41) is 2.92. The molecule has 26 heavy (non-hydrogen) atoms. The number of halogens is 1. The molecule has 0 aliphatic carbocycles. The predicted octanol–water partition coefficient (Wildman–Crippen LogP) is 4.49. The van der Waals surface area contributed by atoms with E-state index in [1.807, 2.05) is 24.3 Å². The lowest BCUT2D eigenvalue weighted by molar-refractivity contribution is -0.116. The van der Waals surface area contributed by atoms with E-state index in [1.165, 1.54) is 19.3 Å². The monoisotopic (exact) mass is 414 g/mol. The van der Waals surface area contributed by atoms with Crippen molar-refractivity contribution in [2.75, 3.05) is 25.0 Å². The third kappa shape index (κ3) is 5.02. The van der Waals surface area contributed by atoms with Crippen LogP contribution in [0.1, 0.15) is 41.6 Å². The summed E-state index contributed by atoms with van der Waals surface area (Å²) in [7, 11) is 0. The fourth-order valence-corrected chi connectivity index (χ4v) is 3.57. The number of carbonyl (C=O) groups excluding carboxylic acids is 2. The molecule has 1 N–H and O–H groups in total. The van der Waals surface area contributed by atoms with Gasteiger partial charge in [-0.2, -0.15) is 0 Å². The molecule has 0 bridgehead atoms. The lowest BCUT2D eigenvalue weighted by atomic mass is 10.0. The number of amides is 1. The van der Waals surface area contributed by atoms with Gasteiger partial charge in [0.25, 0.3) is 0 Å². The molecule has 3 rings (SSSR count). The molecule has 5 heteroatoms. The first-order valence-corrected chi connectivity index (χ1v) is 9.84. The van der Waals surface area contributed by atoms with Crippen LogP contribution in [0.3, 0.4) is 0 Å². The van der Waals surface area contributed by atoms with Crippen molar-refractivity contribution in [3.8, 4) is 0 Å². The Labute approximate surface area is 162 Å². The third-order valence-corrected chi connectivity index (χ3v) is 5.13. The number of benzene rings is 2. The Bertz CT molecular complexity index is 771. The van der Waals surface area contributed by atoms with Crippen molar-refractivity contribution in [2.45, 2.75) is 25.7 Å². The van der Waals surface area contributed by atoms with E-state index in [4.69, 9.17) is 0 Å². The van der Waals surface area contributed by atoms with Gasteiger partial charge in [-0.15, -0.1) is 0 Å². The van der Waals surface area contributed by atoms with Crippen LogP contribution in [0.2, 0.25) is 0 Å². The summed E-state index contributed by atoms with van der Waals surface area (Å²) in [4.78, 5) is 27.6. The minimum atomic E-state index is -0.0989. The summed E-state index contributed by atoms with van der Waals surface area (Å²) in [6.07, 6.45) is 4.15. The molecule has 0 radical (unpaired) electrons. The summed E-state index contributed by atoms with van der Waals surface area (Å²) in [6, 6.07) is 14.5. The number of hydrogen-bond acceptors (Lipinski definition) is 3. The highest BCUT2D eigenvalue weighted by Crippen LogP contribution is 2.24. The van der Waals surface area contributed by atoms with Gasteiger partial charge in [-0.1, -0.05) is 52.7 Å². The van der Waals surface area contributed by atoms with Gasteiger partial charge in [0.15, 0.2) is 5.78 Å². The molecular weight excluding hydrogens is 392 g/mol. The van der Waals surface area contributed by atoms with Crippen LogP contribution in [-0.4, -0.2) is 36.2 Å². The molecule has 1 amide bonds. The number of piperidine rings is 1. The minimum absolute atomic E-state index is 0.0555. The molecule has 1 aliphatic rings. The second kappa shape index (κ2) is 9.10. The van der Waals surface area contributed by atoms with E-state index in [0.29, 0.717) is 23.2 Å². The highest BCUT2D eigenvalue weighted by molar-refractivity contribution is 9.10. The molecule has 4 nitrogen and oxygen atoms in total. The fraction of sp³-hybridized carbons (Fsp3) is 0.333. The Balaban J connectivity index is 1.69. The van der Waals surface area contributed by atoms with Crippen molar-refractivity contribution >= 4 is 33.3 Å². The van der Waals surface area contributed by atoms with Crippen LogP contribution in [0.4, 0.5) is 5.69 Å². The van der Waals surface area contributed by atoms with Gasteiger partial charge in [0.05, 0.1) is 5.69 Å². The van der Waals surface area contributed by atoms with Crippen molar-refractivity contribution in [3.05, 3.63) is 64.1 Å². The fourth-order valence-electron chi connectivity index (χ4n) is 3.21. The molecule has 136 valence electrons. The summed E-state index contributed by atoms with van der Waals surface area (Å²) in [5.74, 6) is -0.154. The molecular formula is C21H23BrN2O2. The Hall–Kier alpha value is -1.98. The molecule has 0 aromatic heterocycles. The van der Waals surface area contributed by atoms with E-state index < -0.39 is 0 Å². The minimum Gasteiger partial charge on any atom is -0.325 e. The van der Waals surface area contributed by atoms with Crippen LogP contribution >= 0.6 is 15.9 Å². The van der Waals surface area contributed by atoms with Crippen LogP contribution in [0.25, 0.3) is 0 Å². The summed E-state index contributed by atoms with van der Waals surface area (Å²) < 4.78 is 0.808.